The Labute approximate surface area is 151 Å². The number of rotatable bonds is 6. The highest BCUT2D eigenvalue weighted by Gasteiger charge is 2.25. The lowest BCUT2D eigenvalue weighted by Crippen LogP contribution is -2.20. The van der Waals surface area contributed by atoms with Gasteiger partial charge in [0.05, 0.1) is 43.4 Å². The molecule has 0 radical (unpaired) electrons. The molecular weight excluding hydrogens is 332 g/mol. The average molecular weight is 354 g/mol. The van der Waals surface area contributed by atoms with Crippen LogP contribution in [0.5, 0.6) is 0 Å². The fraction of sp³-hybridized carbons (Fsp3) is 0.421. The molecule has 7 nitrogen and oxygen atoms in total. The van der Waals surface area contributed by atoms with E-state index < -0.39 is 0 Å². The van der Waals surface area contributed by atoms with E-state index in [1.54, 1.807) is 6.20 Å². The second-order valence-corrected chi connectivity index (χ2v) is 6.49. The Hall–Kier alpha value is -2.51. The molecule has 0 N–H and O–H groups in total. The first kappa shape index (κ1) is 16.9. The van der Waals surface area contributed by atoms with Crippen LogP contribution < -0.4 is 0 Å². The van der Waals surface area contributed by atoms with E-state index in [1.807, 2.05) is 36.7 Å². The van der Waals surface area contributed by atoms with Crippen LogP contribution in [0.2, 0.25) is 0 Å². The number of fused-ring (bicyclic) bond motifs is 1. The van der Waals surface area contributed by atoms with Crippen LogP contribution in [0, 0.1) is 13.8 Å². The number of ether oxygens (including phenoxy) is 2. The molecule has 0 unspecified atom stereocenters. The van der Waals surface area contributed by atoms with Crippen molar-refractivity contribution in [2.24, 2.45) is 0 Å². The summed E-state index contributed by atoms with van der Waals surface area (Å²) in [6.45, 7) is 6.07. The van der Waals surface area contributed by atoms with Gasteiger partial charge in [-0.1, -0.05) is 11.2 Å². The molecule has 0 aliphatic carbocycles. The van der Waals surface area contributed by atoms with Crippen molar-refractivity contribution >= 4 is 0 Å². The van der Waals surface area contributed by atoms with Gasteiger partial charge in [0.25, 0.3) is 0 Å². The molecule has 0 saturated carbocycles. The van der Waals surface area contributed by atoms with Gasteiger partial charge in [0, 0.05) is 18.0 Å². The quantitative estimate of drug-likeness (QED) is 0.677. The maximum Gasteiger partial charge on any atom is 0.139 e. The summed E-state index contributed by atoms with van der Waals surface area (Å²) in [5, 5.41) is 8.67. The van der Waals surface area contributed by atoms with E-state index in [4.69, 9.17) is 19.1 Å². The second kappa shape index (κ2) is 7.39. The van der Waals surface area contributed by atoms with Crippen LogP contribution in [0.25, 0.3) is 0 Å². The number of aryl methyl sites for hydroxylation is 2. The topological polar surface area (TPSA) is 75.2 Å². The lowest BCUT2D eigenvalue weighted by Gasteiger charge is -2.21. The molecule has 26 heavy (non-hydrogen) atoms. The van der Waals surface area contributed by atoms with E-state index >= 15 is 0 Å². The predicted molar refractivity (Wildman–Crippen MR) is 93.6 cm³/mol. The van der Waals surface area contributed by atoms with Gasteiger partial charge < -0.3 is 14.0 Å². The smallest absolute Gasteiger partial charge is 0.139 e. The molecule has 0 aromatic carbocycles. The van der Waals surface area contributed by atoms with E-state index in [2.05, 4.69) is 16.3 Å². The maximum absolute atomic E-state index is 5.89. The van der Waals surface area contributed by atoms with Gasteiger partial charge in [-0.25, -0.2) is 0 Å². The molecule has 1 aliphatic heterocycles. The number of hydrogen-bond donors (Lipinski definition) is 0. The van der Waals surface area contributed by atoms with Crippen molar-refractivity contribution in [3.8, 4) is 0 Å². The van der Waals surface area contributed by atoms with Crippen molar-refractivity contribution in [2.75, 3.05) is 13.2 Å². The minimum absolute atomic E-state index is 0.149. The summed E-state index contributed by atoms with van der Waals surface area (Å²) in [6, 6.07) is 5.90. The highest BCUT2D eigenvalue weighted by Crippen LogP contribution is 2.27. The lowest BCUT2D eigenvalue weighted by atomic mass is 10.1. The first-order chi connectivity index (χ1) is 12.7. The molecule has 0 amide bonds. The molecule has 3 aromatic rings. The summed E-state index contributed by atoms with van der Waals surface area (Å²) in [5.41, 5.74) is 5.04. The van der Waals surface area contributed by atoms with Gasteiger partial charge in [0.1, 0.15) is 11.9 Å². The van der Waals surface area contributed by atoms with E-state index in [0.29, 0.717) is 26.4 Å². The van der Waals surface area contributed by atoms with E-state index in [1.165, 1.54) is 5.56 Å². The van der Waals surface area contributed by atoms with Crippen LogP contribution in [0.4, 0.5) is 0 Å². The Morgan fingerprint density at radius 1 is 1.31 bits per heavy atom. The van der Waals surface area contributed by atoms with Crippen molar-refractivity contribution in [2.45, 2.75) is 39.5 Å². The zero-order chi connectivity index (χ0) is 17.9. The van der Waals surface area contributed by atoms with Crippen molar-refractivity contribution in [3.05, 3.63) is 64.6 Å². The van der Waals surface area contributed by atoms with Crippen LogP contribution in [-0.2, 0) is 29.0 Å². The van der Waals surface area contributed by atoms with Crippen LogP contribution in [-0.4, -0.2) is 33.1 Å². The van der Waals surface area contributed by atoms with Crippen molar-refractivity contribution < 1.29 is 14.0 Å². The summed E-state index contributed by atoms with van der Waals surface area (Å²) >= 11 is 0. The van der Waals surface area contributed by atoms with Gasteiger partial charge in [0.15, 0.2) is 0 Å². The molecule has 1 aliphatic rings. The van der Waals surface area contributed by atoms with E-state index in [0.717, 1.165) is 34.8 Å². The number of hydrogen-bond acceptors (Lipinski definition) is 6. The second-order valence-electron chi connectivity index (χ2n) is 6.49. The van der Waals surface area contributed by atoms with Crippen molar-refractivity contribution in [1.29, 1.82) is 0 Å². The third-order valence-electron chi connectivity index (χ3n) is 4.61. The highest BCUT2D eigenvalue weighted by atomic mass is 16.5. The van der Waals surface area contributed by atoms with Gasteiger partial charge in [-0.15, -0.1) is 0 Å². The maximum atomic E-state index is 5.89. The Kier molecular flexibility index (Phi) is 4.81. The highest BCUT2D eigenvalue weighted by molar-refractivity contribution is 5.23. The molecule has 4 rings (SSSR count). The normalized spacial score (nSPS) is 16.6. The van der Waals surface area contributed by atoms with Crippen LogP contribution >= 0.6 is 0 Å². The average Bonchev–Trinajstić information content (AvgIpc) is 3.20. The largest absolute Gasteiger partial charge is 0.373 e. The fourth-order valence-corrected chi connectivity index (χ4v) is 3.17. The predicted octanol–water partition coefficient (Wildman–Crippen LogP) is 2.76. The minimum Gasteiger partial charge on any atom is -0.373 e. The standard InChI is InChI=1S/C19H22N4O3/c1-13-17(14(2)26-22-13)11-24-12-18-19-15(6-8-25-18)9-23(21-19)10-16-5-3-4-7-20-16/h3-5,7,9,18H,6,8,10-12H2,1-2H3/t18-/m0/s1. The van der Waals surface area contributed by atoms with Crippen molar-refractivity contribution in [3.63, 3.8) is 0 Å². The third-order valence-corrected chi connectivity index (χ3v) is 4.61. The van der Waals surface area contributed by atoms with Gasteiger partial charge in [-0.3, -0.25) is 9.67 Å². The molecule has 0 bridgehead atoms. The Balaban J connectivity index is 1.42. The number of pyridine rings is 1. The van der Waals surface area contributed by atoms with Gasteiger partial charge in [-0.2, -0.15) is 5.10 Å². The minimum atomic E-state index is -0.149. The molecule has 1 atom stereocenters. The molecule has 0 saturated heterocycles. The molecule has 136 valence electrons. The zero-order valence-corrected chi connectivity index (χ0v) is 15.0. The van der Waals surface area contributed by atoms with E-state index in [-0.39, 0.29) is 6.10 Å². The zero-order valence-electron chi connectivity index (χ0n) is 15.0. The van der Waals surface area contributed by atoms with Gasteiger partial charge in [0.2, 0.25) is 0 Å². The SMILES string of the molecule is Cc1noc(C)c1COC[C@@H]1OCCc2cn(Cc3ccccn3)nc21. The molecular formula is C19H22N4O3. The Morgan fingerprint density at radius 2 is 2.23 bits per heavy atom. The van der Waals surface area contributed by atoms with Gasteiger partial charge in [-0.05, 0) is 38.0 Å². The molecule has 3 aromatic heterocycles. The first-order valence-electron chi connectivity index (χ1n) is 8.78. The number of nitrogens with zero attached hydrogens (tertiary/aromatic N) is 4. The lowest BCUT2D eigenvalue weighted by molar-refractivity contribution is -0.0323. The summed E-state index contributed by atoms with van der Waals surface area (Å²) in [7, 11) is 0. The van der Waals surface area contributed by atoms with Crippen LogP contribution in [0.15, 0.2) is 35.1 Å². The summed E-state index contributed by atoms with van der Waals surface area (Å²) < 4.78 is 18.9. The monoisotopic (exact) mass is 354 g/mol. The van der Waals surface area contributed by atoms with E-state index in [9.17, 15) is 0 Å². The number of aromatic nitrogens is 4. The molecule has 7 heteroatoms. The third kappa shape index (κ3) is 3.54. The molecule has 0 spiro atoms. The fourth-order valence-electron chi connectivity index (χ4n) is 3.17. The summed E-state index contributed by atoms with van der Waals surface area (Å²) in [6.07, 6.45) is 4.61. The molecule has 4 heterocycles. The Bertz CT molecular complexity index is 853. The van der Waals surface area contributed by atoms with Crippen LogP contribution in [0.1, 0.15) is 40.1 Å². The van der Waals surface area contributed by atoms with Gasteiger partial charge >= 0.3 is 0 Å². The first-order valence-corrected chi connectivity index (χ1v) is 8.78. The summed E-state index contributed by atoms with van der Waals surface area (Å²) in [5.74, 6) is 0.799. The van der Waals surface area contributed by atoms with Crippen LogP contribution in [0.3, 0.4) is 0 Å². The molecule has 0 fully saturated rings. The van der Waals surface area contributed by atoms with Crippen molar-refractivity contribution in [1.82, 2.24) is 19.9 Å². The summed E-state index contributed by atoms with van der Waals surface area (Å²) in [4.78, 5) is 4.36. The Morgan fingerprint density at radius 3 is 3.00 bits per heavy atom.